The number of aryl methyl sites for hydroxylation is 1. The molecule has 5 aromatic rings. The Balaban J connectivity index is 1.44. The number of thiazole rings is 1. The normalized spacial score (nSPS) is 11.9. The van der Waals surface area contributed by atoms with E-state index < -0.39 is 8.07 Å². The second-order valence-corrected chi connectivity index (χ2v) is 17.2. The average Bonchev–Trinajstić information content (AvgIpc) is 3.57. The van der Waals surface area contributed by atoms with Gasteiger partial charge in [0.2, 0.25) is 0 Å². The largest absolute Gasteiger partial charge is 0.365 e. The third kappa shape index (κ3) is 6.10. The molecular weight excluding hydrogens is 522 g/mol. The molecule has 4 aromatic heterocycles. The number of pyridine rings is 1. The minimum absolute atomic E-state index is 0.379. The molecule has 0 spiro atoms. The van der Waals surface area contributed by atoms with E-state index in [0.29, 0.717) is 24.1 Å². The summed E-state index contributed by atoms with van der Waals surface area (Å²) in [6, 6.07) is 14.9. The summed E-state index contributed by atoms with van der Waals surface area (Å²) in [7, 11) is -1.14. The molecule has 1 N–H and O–H groups in total. The number of ether oxygens (including phenoxy) is 1. The van der Waals surface area contributed by atoms with Crippen LogP contribution in [-0.2, 0) is 18.0 Å². The summed E-state index contributed by atoms with van der Waals surface area (Å²) < 4.78 is 9.49. The molecule has 0 aliphatic heterocycles. The predicted molar refractivity (Wildman–Crippen MR) is 153 cm³/mol. The molecule has 0 atom stereocenters. The van der Waals surface area contributed by atoms with Crippen LogP contribution in [0.3, 0.4) is 0 Å². The minimum atomic E-state index is -1.14. The van der Waals surface area contributed by atoms with Gasteiger partial charge in [0.15, 0.2) is 5.82 Å². The van der Waals surface area contributed by atoms with Crippen LogP contribution in [0.5, 0.6) is 0 Å². The Bertz CT molecular complexity index is 1500. The summed E-state index contributed by atoms with van der Waals surface area (Å²) in [5.74, 6) is 1.35. The topological polar surface area (TPSA) is 82.2 Å². The van der Waals surface area contributed by atoms with E-state index in [9.17, 15) is 0 Å². The average molecular weight is 552 g/mol. The maximum Gasteiger partial charge on any atom is 0.195 e. The van der Waals surface area contributed by atoms with Gasteiger partial charge in [-0.15, -0.1) is 16.4 Å². The first kappa shape index (κ1) is 25.6. The Morgan fingerprint density at radius 2 is 1.89 bits per heavy atom. The van der Waals surface area contributed by atoms with E-state index in [2.05, 4.69) is 41.1 Å². The Labute approximate surface area is 226 Å². The van der Waals surface area contributed by atoms with Crippen LogP contribution in [0.15, 0.2) is 55.0 Å². The van der Waals surface area contributed by atoms with Gasteiger partial charge in [-0.25, -0.2) is 19.2 Å². The predicted octanol–water partition coefficient (Wildman–Crippen LogP) is 6.60. The Morgan fingerprint density at radius 3 is 2.68 bits per heavy atom. The van der Waals surface area contributed by atoms with Gasteiger partial charge in [-0.2, -0.15) is 5.10 Å². The Kier molecular flexibility index (Phi) is 7.43. The maximum atomic E-state index is 6.06. The zero-order chi connectivity index (χ0) is 26.0. The van der Waals surface area contributed by atoms with Crippen molar-refractivity contribution in [3.63, 3.8) is 0 Å². The number of nitrogens with one attached hydrogen (secondary N) is 1. The zero-order valence-corrected chi connectivity index (χ0v) is 24.0. The Hall–Kier alpha value is -3.05. The fraction of sp³-hybridized carbons (Fsp3) is 0.308. The monoisotopic (exact) mass is 551 g/mol. The third-order valence-corrected chi connectivity index (χ3v) is 8.91. The molecule has 0 saturated carbocycles. The van der Waals surface area contributed by atoms with Crippen LogP contribution in [0, 0.1) is 6.92 Å². The van der Waals surface area contributed by atoms with Crippen molar-refractivity contribution in [2.75, 3.05) is 11.9 Å². The first-order chi connectivity index (χ1) is 17.8. The number of halogens is 1. The first-order valence-electron chi connectivity index (χ1n) is 12.2. The first-order valence-corrected chi connectivity index (χ1v) is 17.1. The number of rotatable bonds is 10. The molecule has 0 bridgehead atoms. The van der Waals surface area contributed by atoms with Crippen molar-refractivity contribution in [3.05, 3.63) is 71.3 Å². The van der Waals surface area contributed by atoms with E-state index >= 15 is 0 Å². The molecular formula is C26H30ClN7OSSi. The summed E-state index contributed by atoms with van der Waals surface area (Å²) >= 11 is 7.62. The van der Waals surface area contributed by atoms with Crippen LogP contribution >= 0.6 is 22.9 Å². The van der Waals surface area contributed by atoms with Gasteiger partial charge in [-0.3, -0.25) is 0 Å². The number of nitrogens with zero attached hydrogens (tertiary/aromatic N) is 6. The summed E-state index contributed by atoms with van der Waals surface area (Å²) in [6.07, 6.45) is 3.66. The fourth-order valence-corrected chi connectivity index (χ4v) is 5.83. The van der Waals surface area contributed by atoms with Crippen molar-refractivity contribution in [2.24, 2.45) is 0 Å². The molecule has 8 nitrogen and oxygen atoms in total. The molecule has 0 radical (unpaired) electrons. The summed E-state index contributed by atoms with van der Waals surface area (Å²) in [5, 5.41) is 14.4. The highest BCUT2D eigenvalue weighted by atomic mass is 35.5. The van der Waals surface area contributed by atoms with Gasteiger partial charge in [0.05, 0.1) is 16.8 Å². The molecule has 4 heterocycles. The van der Waals surface area contributed by atoms with E-state index in [0.717, 1.165) is 50.7 Å². The minimum Gasteiger partial charge on any atom is -0.365 e. The van der Waals surface area contributed by atoms with Crippen LogP contribution in [0.4, 0.5) is 5.82 Å². The van der Waals surface area contributed by atoms with Crippen LogP contribution in [-0.4, -0.2) is 44.0 Å². The number of benzene rings is 1. The zero-order valence-electron chi connectivity index (χ0n) is 21.4. The lowest BCUT2D eigenvalue weighted by Gasteiger charge is -2.15. The lowest BCUT2D eigenvalue weighted by atomic mass is 10.2. The molecule has 0 unspecified atom stereocenters. The molecule has 192 valence electrons. The highest BCUT2D eigenvalue weighted by molar-refractivity contribution is 7.19. The van der Waals surface area contributed by atoms with Gasteiger partial charge in [-0.1, -0.05) is 49.4 Å². The summed E-state index contributed by atoms with van der Waals surface area (Å²) in [4.78, 5) is 10.5. The number of hydrogen-bond acceptors (Lipinski definition) is 7. The van der Waals surface area contributed by atoms with E-state index in [-0.39, 0.29) is 0 Å². The third-order valence-electron chi connectivity index (χ3n) is 5.89. The highest BCUT2D eigenvalue weighted by Crippen LogP contribution is 2.39. The number of aromatic nitrogens is 6. The van der Waals surface area contributed by atoms with Gasteiger partial charge in [0.1, 0.15) is 28.8 Å². The molecule has 0 aliphatic rings. The lowest BCUT2D eigenvalue weighted by Crippen LogP contribution is -2.22. The molecule has 11 heteroatoms. The van der Waals surface area contributed by atoms with Gasteiger partial charge in [-0.05, 0) is 42.8 Å². The number of hydrogen-bond donors (Lipinski definition) is 1. The standard InChI is InChI=1S/C26H30ClN7OSSi/c1-18-22(21-7-5-6-12-34(21)31-18)26-30-24(28-15-19-8-10-20(27)11-9-19)23(36-26)25-29-16-33(32-25)17-35-13-14-37(2,3)4/h5-12,16,28H,13-15,17H2,1-4H3. The second kappa shape index (κ2) is 10.7. The van der Waals surface area contributed by atoms with Crippen molar-refractivity contribution in [1.82, 2.24) is 29.4 Å². The molecule has 37 heavy (non-hydrogen) atoms. The van der Waals surface area contributed by atoms with Gasteiger partial charge < -0.3 is 10.1 Å². The lowest BCUT2D eigenvalue weighted by molar-refractivity contribution is 0.0785. The van der Waals surface area contributed by atoms with Crippen molar-refractivity contribution in [3.8, 4) is 21.3 Å². The molecule has 0 aliphatic carbocycles. The smallest absolute Gasteiger partial charge is 0.195 e. The van der Waals surface area contributed by atoms with E-state index in [1.807, 2.05) is 54.0 Å². The van der Waals surface area contributed by atoms with Crippen molar-refractivity contribution < 1.29 is 4.74 Å². The van der Waals surface area contributed by atoms with Crippen molar-refractivity contribution in [2.45, 2.75) is 45.9 Å². The number of fused-ring (bicyclic) bond motifs is 1. The maximum absolute atomic E-state index is 6.06. The molecule has 1 aromatic carbocycles. The quantitative estimate of drug-likeness (QED) is 0.155. The van der Waals surface area contributed by atoms with Crippen LogP contribution < -0.4 is 5.32 Å². The summed E-state index contributed by atoms with van der Waals surface area (Å²) in [5.41, 5.74) is 4.05. The molecule has 0 fully saturated rings. The Morgan fingerprint density at radius 1 is 1.08 bits per heavy atom. The fourth-order valence-electron chi connectivity index (χ4n) is 3.86. The van der Waals surface area contributed by atoms with Gasteiger partial charge >= 0.3 is 0 Å². The molecule has 0 amide bonds. The van der Waals surface area contributed by atoms with Crippen LogP contribution in [0.1, 0.15) is 11.3 Å². The van der Waals surface area contributed by atoms with E-state index in [1.165, 1.54) is 0 Å². The van der Waals surface area contributed by atoms with Crippen molar-refractivity contribution >= 4 is 42.3 Å². The van der Waals surface area contributed by atoms with Gasteiger partial charge in [0.25, 0.3) is 0 Å². The van der Waals surface area contributed by atoms with E-state index in [4.69, 9.17) is 26.4 Å². The highest BCUT2D eigenvalue weighted by Gasteiger charge is 2.22. The van der Waals surface area contributed by atoms with Crippen molar-refractivity contribution in [1.29, 1.82) is 0 Å². The van der Waals surface area contributed by atoms with Crippen LogP contribution in [0.25, 0.3) is 26.8 Å². The molecule has 0 saturated heterocycles. The van der Waals surface area contributed by atoms with Gasteiger partial charge in [0, 0.05) is 32.4 Å². The number of anilines is 1. The van der Waals surface area contributed by atoms with Crippen LogP contribution in [0.2, 0.25) is 30.7 Å². The van der Waals surface area contributed by atoms with E-state index in [1.54, 1.807) is 22.3 Å². The summed E-state index contributed by atoms with van der Waals surface area (Å²) in [6.45, 7) is 10.7. The molecule has 5 rings (SSSR count). The SMILES string of the molecule is Cc1nn2ccccc2c1-c1nc(NCc2ccc(Cl)cc2)c(-c2ncn(COCC[Si](C)(C)C)n2)s1. The second-order valence-electron chi connectivity index (χ2n) is 10.1.